The quantitative estimate of drug-likeness (QED) is 0.831. The summed E-state index contributed by atoms with van der Waals surface area (Å²) in [6.45, 7) is 3.99. The summed E-state index contributed by atoms with van der Waals surface area (Å²) < 4.78 is 5.49. The lowest BCUT2D eigenvalue weighted by atomic mass is 9.94. The van der Waals surface area contributed by atoms with E-state index < -0.39 is 5.72 Å². The van der Waals surface area contributed by atoms with Crippen LogP contribution in [0.4, 0.5) is 0 Å². The average Bonchev–Trinajstić information content (AvgIpc) is 2.81. The van der Waals surface area contributed by atoms with E-state index in [2.05, 4.69) is 6.58 Å². The number of nitrogens with zero attached hydrogens (tertiary/aromatic N) is 1. The van der Waals surface area contributed by atoms with Gasteiger partial charge in [0.25, 0.3) is 5.91 Å². The SMILES string of the molecule is C=CCOc1ccc2c(c1)C(=O)N(C)C2(O)CCc1ccccc1. The third kappa shape index (κ3) is 2.81. The summed E-state index contributed by atoms with van der Waals surface area (Å²) in [5.41, 5.74) is 0.969. The molecule has 0 saturated carbocycles. The molecule has 1 heterocycles. The number of fused-ring (bicyclic) bond motifs is 1. The zero-order valence-electron chi connectivity index (χ0n) is 13.7. The van der Waals surface area contributed by atoms with E-state index in [4.69, 9.17) is 4.74 Å². The second-order valence-corrected chi connectivity index (χ2v) is 5.97. The Balaban J connectivity index is 1.87. The van der Waals surface area contributed by atoms with Gasteiger partial charge < -0.3 is 14.7 Å². The van der Waals surface area contributed by atoms with Gasteiger partial charge in [0, 0.05) is 19.0 Å². The molecule has 0 aliphatic carbocycles. The Morgan fingerprint density at radius 2 is 2.00 bits per heavy atom. The van der Waals surface area contributed by atoms with Crippen molar-refractivity contribution >= 4 is 5.91 Å². The van der Waals surface area contributed by atoms with E-state index in [0.29, 0.717) is 36.3 Å². The number of rotatable bonds is 6. The number of benzene rings is 2. The van der Waals surface area contributed by atoms with E-state index in [1.165, 1.54) is 4.90 Å². The number of ether oxygens (including phenoxy) is 1. The highest BCUT2D eigenvalue weighted by Gasteiger charge is 2.46. The Kier molecular flexibility index (Phi) is 4.40. The predicted octanol–water partition coefficient (Wildman–Crippen LogP) is 3.11. The van der Waals surface area contributed by atoms with E-state index in [-0.39, 0.29) is 5.91 Å². The van der Waals surface area contributed by atoms with Gasteiger partial charge in [0.2, 0.25) is 0 Å². The van der Waals surface area contributed by atoms with Gasteiger partial charge in [-0.2, -0.15) is 0 Å². The van der Waals surface area contributed by atoms with Gasteiger partial charge in [-0.15, -0.1) is 0 Å². The highest BCUT2D eigenvalue weighted by molar-refractivity contribution is 5.99. The van der Waals surface area contributed by atoms with E-state index in [0.717, 1.165) is 5.56 Å². The maximum atomic E-state index is 12.5. The van der Waals surface area contributed by atoms with Gasteiger partial charge in [-0.1, -0.05) is 43.0 Å². The molecule has 1 N–H and O–H groups in total. The van der Waals surface area contributed by atoms with Crippen LogP contribution >= 0.6 is 0 Å². The molecule has 2 aromatic carbocycles. The summed E-state index contributed by atoms with van der Waals surface area (Å²) >= 11 is 0. The molecule has 3 rings (SSSR count). The van der Waals surface area contributed by atoms with Crippen LogP contribution in [0.3, 0.4) is 0 Å². The molecule has 1 atom stereocenters. The van der Waals surface area contributed by atoms with Crippen LogP contribution < -0.4 is 4.74 Å². The maximum Gasteiger partial charge on any atom is 0.256 e. The highest BCUT2D eigenvalue weighted by Crippen LogP contribution is 2.40. The van der Waals surface area contributed by atoms with Gasteiger partial charge in [-0.3, -0.25) is 4.79 Å². The van der Waals surface area contributed by atoms with Crippen molar-refractivity contribution in [1.29, 1.82) is 0 Å². The molecule has 4 nitrogen and oxygen atoms in total. The van der Waals surface area contributed by atoms with Crippen molar-refractivity contribution in [3.63, 3.8) is 0 Å². The summed E-state index contributed by atoms with van der Waals surface area (Å²) in [6.07, 6.45) is 2.78. The monoisotopic (exact) mass is 323 g/mol. The Morgan fingerprint density at radius 3 is 2.71 bits per heavy atom. The average molecular weight is 323 g/mol. The topological polar surface area (TPSA) is 49.8 Å². The molecule has 124 valence electrons. The zero-order valence-corrected chi connectivity index (χ0v) is 13.7. The van der Waals surface area contributed by atoms with Gasteiger partial charge in [0.15, 0.2) is 5.72 Å². The standard InChI is InChI=1S/C20H21NO3/c1-3-13-24-16-9-10-18-17(14-16)19(22)21(2)20(18,23)12-11-15-7-5-4-6-8-15/h3-10,14,23H,1,11-13H2,2H3. The summed E-state index contributed by atoms with van der Waals surface area (Å²) in [5.74, 6) is 0.410. The van der Waals surface area contributed by atoms with Crippen molar-refractivity contribution < 1.29 is 14.6 Å². The molecule has 1 unspecified atom stereocenters. The van der Waals surface area contributed by atoms with E-state index >= 15 is 0 Å². The molecular formula is C20H21NO3. The lowest BCUT2D eigenvalue weighted by Gasteiger charge is -2.31. The first kappa shape index (κ1) is 16.3. The van der Waals surface area contributed by atoms with Crippen LogP contribution in [-0.2, 0) is 12.1 Å². The number of carbonyl (C=O) groups excluding carboxylic acids is 1. The number of carbonyl (C=O) groups is 1. The van der Waals surface area contributed by atoms with Crippen LogP contribution in [0.2, 0.25) is 0 Å². The molecular weight excluding hydrogens is 302 g/mol. The number of aryl methyl sites for hydroxylation is 1. The van der Waals surface area contributed by atoms with Gasteiger partial charge in [0.05, 0.1) is 5.56 Å². The molecule has 0 aromatic heterocycles. The van der Waals surface area contributed by atoms with E-state index in [1.54, 1.807) is 31.3 Å². The molecule has 2 aromatic rings. The zero-order chi connectivity index (χ0) is 17.2. The first-order valence-corrected chi connectivity index (χ1v) is 7.99. The smallest absolute Gasteiger partial charge is 0.256 e. The summed E-state index contributed by atoms with van der Waals surface area (Å²) in [5, 5.41) is 11.2. The number of hydrogen-bond donors (Lipinski definition) is 1. The number of hydrogen-bond acceptors (Lipinski definition) is 3. The number of aliphatic hydroxyl groups is 1. The van der Waals surface area contributed by atoms with Crippen molar-refractivity contribution in [2.75, 3.05) is 13.7 Å². The molecule has 1 amide bonds. The third-order valence-corrected chi connectivity index (χ3v) is 4.49. The van der Waals surface area contributed by atoms with E-state index in [1.807, 2.05) is 30.3 Å². The normalized spacial score (nSPS) is 19.2. The van der Waals surface area contributed by atoms with Gasteiger partial charge in [-0.05, 0) is 30.2 Å². The second kappa shape index (κ2) is 6.49. The molecule has 0 fully saturated rings. The molecule has 1 aliphatic rings. The molecule has 1 aliphatic heterocycles. The minimum atomic E-state index is -1.29. The molecule has 0 saturated heterocycles. The van der Waals surface area contributed by atoms with Crippen molar-refractivity contribution in [1.82, 2.24) is 4.90 Å². The second-order valence-electron chi connectivity index (χ2n) is 5.97. The fourth-order valence-corrected chi connectivity index (χ4v) is 3.09. The van der Waals surface area contributed by atoms with Crippen molar-refractivity contribution in [3.05, 3.63) is 77.9 Å². The van der Waals surface area contributed by atoms with Crippen LogP contribution in [0.5, 0.6) is 5.75 Å². The van der Waals surface area contributed by atoms with Crippen molar-refractivity contribution in [3.8, 4) is 5.75 Å². The molecule has 0 radical (unpaired) electrons. The van der Waals surface area contributed by atoms with Crippen molar-refractivity contribution in [2.24, 2.45) is 0 Å². The lowest BCUT2D eigenvalue weighted by molar-refractivity contribution is -0.0781. The largest absolute Gasteiger partial charge is 0.490 e. The van der Waals surface area contributed by atoms with Crippen LogP contribution in [0.15, 0.2) is 61.2 Å². The molecule has 0 bridgehead atoms. The van der Waals surface area contributed by atoms with Crippen LogP contribution in [0.25, 0.3) is 0 Å². The Labute approximate surface area is 142 Å². The van der Waals surface area contributed by atoms with Gasteiger partial charge >= 0.3 is 0 Å². The fraction of sp³-hybridized carbons (Fsp3) is 0.250. The first-order valence-electron chi connectivity index (χ1n) is 7.99. The summed E-state index contributed by atoms with van der Waals surface area (Å²) in [6, 6.07) is 15.2. The first-order chi connectivity index (χ1) is 11.6. The summed E-state index contributed by atoms with van der Waals surface area (Å²) in [4.78, 5) is 14.0. The minimum Gasteiger partial charge on any atom is -0.490 e. The van der Waals surface area contributed by atoms with Crippen LogP contribution in [0.1, 0.15) is 27.9 Å². The molecule has 24 heavy (non-hydrogen) atoms. The Hall–Kier alpha value is -2.59. The molecule has 0 spiro atoms. The van der Waals surface area contributed by atoms with Gasteiger partial charge in [0.1, 0.15) is 12.4 Å². The van der Waals surface area contributed by atoms with Crippen LogP contribution in [-0.4, -0.2) is 29.6 Å². The minimum absolute atomic E-state index is 0.190. The molecule has 4 heteroatoms. The maximum absolute atomic E-state index is 12.5. The highest BCUT2D eigenvalue weighted by atomic mass is 16.5. The predicted molar refractivity (Wildman–Crippen MR) is 92.9 cm³/mol. The van der Waals surface area contributed by atoms with Gasteiger partial charge in [-0.25, -0.2) is 0 Å². The van der Waals surface area contributed by atoms with E-state index in [9.17, 15) is 9.90 Å². The summed E-state index contributed by atoms with van der Waals surface area (Å²) in [7, 11) is 1.64. The van der Waals surface area contributed by atoms with Crippen molar-refractivity contribution in [2.45, 2.75) is 18.6 Å². The third-order valence-electron chi connectivity index (χ3n) is 4.49. The Morgan fingerprint density at radius 1 is 1.25 bits per heavy atom. The van der Waals surface area contributed by atoms with Crippen LogP contribution in [0, 0.1) is 0 Å². The number of amides is 1. The Bertz CT molecular complexity index is 757. The lowest BCUT2D eigenvalue weighted by Crippen LogP contribution is -2.41. The fourth-order valence-electron chi connectivity index (χ4n) is 3.09.